The minimum atomic E-state index is 0.708. The fourth-order valence-corrected chi connectivity index (χ4v) is 1.56. The molecule has 1 fully saturated rings. The lowest BCUT2D eigenvalue weighted by Crippen LogP contribution is -2.06. The van der Waals surface area contributed by atoms with E-state index in [-0.39, 0.29) is 0 Å². The molecule has 0 radical (unpaired) electrons. The fraction of sp³-hybridized carbons (Fsp3) is 0.875. The summed E-state index contributed by atoms with van der Waals surface area (Å²) in [4.78, 5) is 4.70. The minimum Gasteiger partial charge on any atom is -0.399 e. The average Bonchev–Trinajstić information content (AvgIpc) is 2.38. The Morgan fingerprint density at radius 3 is 2.50 bits per heavy atom. The van der Waals surface area contributed by atoms with Gasteiger partial charge in [0.05, 0.1) is 5.71 Å². The molecule has 0 saturated heterocycles. The lowest BCUT2D eigenvalue weighted by Gasteiger charge is -2.05. The molecule has 0 aromatic rings. The topological polar surface area (TPSA) is 21.6 Å². The summed E-state index contributed by atoms with van der Waals surface area (Å²) in [6.07, 6.45) is 5.33. The Balaban J connectivity index is 2.39. The largest absolute Gasteiger partial charge is 0.399 e. The lowest BCUT2D eigenvalue weighted by atomic mass is 10.0. The zero-order chi connectivity index (χ0) is 7.40. The average molecular weight is 141 g/mol. The van der Waals surface area contributed by atoms with E-state index in [0.29, 0.717) is 5.92 Å². The van der Waals surface area contributed by atoms with Crippen molar-refractivity contribution in [3.8, 4) is 0 Å². The second-order valence-corrected chi connectivity index (χ2v) is 2.90. The summed E-state index contributed by atoms with van der Waals surface area (Å²) in [5.74, 6) is 0.708. The van der Waals surface area contributed by atoms with E-state index in [2.05, 4.69) is 12.1 Å². The first-order valence-electron chi connectivity index (χ1n) is 3.92. The van der Waals surface area contributed by atoms with Crippen LogP contribution in [0.25, 0.3) is 0 Å². The van der Waals surface area contributed by atoms with Gasteiger partial charge < -0.3 is 4.84 Å². The summed E-state index contributed by atoms with van der Waals surface area (Å²) in [6, 6.07) is 0. The fourth-order valence-electron chi connectivity index (χ4n) is 1.56. The van der Waals surface area contributed by atoms with Crippen LogP contribution in [0.2, 0.25) is 0 Å². The molecular formula is C8H15NO. The van der Waals surface area contributed by atoms with Crippen LogP contribution in [0.5, 0.6) is 0 Å². The van der Waals surface area contributed by atoms with Crippen LogP contribution in [0, 0.1) is 5.92 Å². The summed E-state index contributed by atoms with van der Waals surface area (Å²) in [5.41, 5.74) is 1.17. The summed E-state index contributed by atoms with van der Waals surface area (Å²) in [5, 5.41) is 3.92. The van der Waals surface area contributed by atoms with Crippen molar-refractivity contribution in [3.63, 3.8) is 0 Å². The quantitative estimate of drug-likeness (QED) is 0.426. The molecule has 0 aromatic heterocycles. The summed E-state index contributed by atoms with van der Waals surface area (Å²) < 4.78 is 0. The first-order valence-corrected chi connectivity index (χ1v) is 3.92. The number of rotatable bonds is 2. The van der Waals surface area contributed by atoms with Crippen LogP contribution >= 0.6 is 0 Å². The van der Waals surface area contributed by atoms with Crippen molar-refractivity contribution in [1.82, 2.24) is 0 Å². The highest BCUT2D eigenvalue weighted by atomic mass is 16.6. The third kappa shape index (κ3) is 1.72. The molecule has 0 spiro atoms. The third-order valence-electron chi connectivity index (χ3n) is 2.18. The molecule has 10 heavy (non-hydrogen) atoms. The molecule has 0 amide bonds. The molecular weight excluding hydrogens is 126 g/mol. The molecule has 1 aliphatic carbocycles. The van der Waals surface area contributed by atoms with Crippen molar-refractivity contribution in [1.29, 1.82) is 0 Å². The van der Waals surface area contributed by atoms with E-state index in [0.717, 1.165) is 0 Å². The smallest absolute Gasteiger partial charge is 0.106 e. The van der Waals surface area contributed by atoms with Crippen molar-refractivity contribution in [2.45, 2.75) is 32.6 Å². The van der Waals surface area contributed by atoms with Gasteiger partial charge in [-0.05, 0) is 19.8 Å². The highest BCUT2D eigenvalue weighted by molar-refractivity contribution is 5.83. The van der Waals surface area contributed by atoms with E-state index in [9.17, 15) is 0 Å². The summed E-state index contributed by atoms with van der Waals surface area (Å²) >= 11 is 0. The maximum absolute atomic E-state index is 4.70. The van der Waals surface area contributed by atoms with Crippen LogP contribution in [-0.4, -0.2) is 12.8 Å². The van der Waals surface area contributed by atoms with E-state index in [1.807, 2.05) is 0 Å². The highest BCUT2D eigenvalue weighted by Gasteiger charge is 2.17. The molecule has 0 heterocycles. The first kappa shape index (κ1) is 7.58. The van der Waals surface area contributed by atoms with Gasteiger partial charge in [0.25, 0.3) is 0 Å². The minimum absolute atomic E-state index is 0.708. The molecule has 1 aliphatic rings. The lowest BCUT2D eigenvalue weighted by molar-refractivity contribution is 0.211. The van der Waals surface area contributed by atoms with E-state index < -0.39 is 0 Å². The molecule has 0 atom stereocenters. The zero-order valence-electron chi connectivity index (χ0n) is 6.76. The molecule has 0 aliphatic heterocycles. The molecule has 58 valence electrons. The van der Waals surface area contributed by atoms with Crippen LogP contribution in [0.4, 0.5) is 0 Å². The first-order chi connectivity index (χ1) is 4.84. The van der Waals surface area contributed by atoms with Gasteiger partial charge in [-0.1, -0.05) is 18.0 Å². The Hall–Kier alpha value is -0.530. The van der Waals surface area contributed by atoms with Crippen molar-refractivity contribution in [2.75, 3.05) is 7.11 Å². The van der Waals surface area contributed by atoms with Gasteiger partial charge in [-0.2, -0.15) is 0 Å². The monoisotopic (exact) mass is 141 g/mol. The Kier molecular flexibility index (Phi) is 2.72. The predicted molar refractivity (Wildman–Crippen MR) is 42.1 cm³/mol. The Morgan fingerprint density at radius 2 is 2.00 bits per heavy atom. The van der Waals surface area contributed by atoms with Gasteiger partial charge in [0.1, 0.15) is 7.11 Å². The summed E-state index contributed by atoms with van der Waals surface area (Å²) in [7, 11) is 1.61. The molecule has 2 nitrogen and oxygen atoms in total. The SMILES string of the molecule is CO/N=C(\C)C1CCCC1. The van der Waals surface area contributed by atoms with Crippen LogP contribution in [-0.2, 0) is 4.84 Å². The van der Waals surface area contributed by atoms with Gasteiger partial charge in [-0.15, -0.1) is 0 Å². The van der Waals surface area contributed by atoms with Gasteiger partial charge in [0.15, 0.2) is 0 Å². The van der Waals surface area contributed by atoms with Gasteiger partial charge in [0.2, 0.25) is 0 Å². The normalized spacial score (nSPS) is 21.6. The maximum Gasteiger partial charge on any atom is 0.106 e. The van der Waals surface area contributed by atoms with Crippen molar-refractivity contribution >= 4 is 5.71 Å². The Bertz CT molecular complexity index is 125. The second kappa shape index (κ2) is 3.59. The van der Waals surface area contributed by atoms with E-state index in [4.69, 9.17) is 4.84 Å². The van der Waals surface area contributed by atoms with E-state index in [1.54, 1.807) is 7.11 Å². The molecule has 1 saturated carbocycles. The maximum atomic E-state index is 4.70. The molecule has 0 aromatic carbocycles. The number of nitrogens with zero attached hydrogens (tertiary/aromatic N) is 1. The van der Waals surface area contributed by atoms with E-state index in [1.165, 1.54) is 31.4 Å². The van der Waals surface area contributed by atoms with Crippen LogP contribution in [0.3, 0.4) is 0 Å². The van der Waals surface area contributed by atoms with Crippen LogP contribution < -0.4 is 0 Å². The molecule has 0 unspecified atom stereocenters. The van der Waals surface area contributed by atoms with Crippen LogP contribution in [0.1, 0.15) is 32.6 Å². The van der Waals surface area contributed by atoms with E-state index >= 15 is 0 Å². The van der Waals surface area contributed by atoms with Gasteiger partial charge in [0, 0.05) is 5.92 Å². The van der Waals surface area contributed by atoms with Gasteiger partial charge in [-0.25, -0.2) is 0 Å². The third-order valence-corrected chi connectivity index (χ3v) is 2.18. The van der Waals surface area contributed by atoms with Crippen molar-refractivity contribution in [2.24, 2.45) is 11.1 Å². The number of hydrogen-bond donors (Lipinski definition) is 0. The zero-order valence-corrected chi connectivity index (χ0v) is 6.76. The molecule has 0 N–H and O–H groups in total. The number of hydrogen-bond acceptors (Lipinski definition) is 2. The van der Waals surface area contributed by atoms with Gasteiger partial charge >= 0.3 is 0 Å². The summed E-state index contributed by atoms with van der Waals surface area (Å²) in [6.45, 7) is 2.06. The van der Waals surface area contributed by atoms with Crippen molar-refractivity contribution < 1.29 is 4.84 Å². The van der Waals surface area contributed by atoms with Gasteiger partial charge in [-0.3, -0.25) is 0 Å². The molecule has 1 rings (SSSR count). The van der Waals surface area contributed by atoms with Crippen molar-refractivity contribution in [3.05, 3.63) is 0 Å². The van der Waals surface area contributed by atoms with Crippen LogP contribution in [0.15, 0.2) is 5.16 Å². The Labute approximate surface area is 62.3 Å². The number of oxime groups is 1. The standard InChI is InChI=1S/C8H15NO/c1-7(9-10-2)8-5-3-4-6-8/h8H,3-6H2,1-2H3/b9-7+. The Morgan fingerprint density at radius 1 is 1.40 bits per heavy atom. The molecule has 0 bridgehead atoms. The molecule has 2 heteroatoms. The highest BCUT2D eigenvalue weighted by Crippen LogP contribution is 2.25. The predicted octanol–water partition coefficient (Wildman–Crippen LogP) is 2.20. The second-order valence-electron chi connectivity index (χ2n) is 2.90.